The van der Waals surface area contributed by atoms with E-state index in [1.807, 2.05) is 6.07 Å². The van der Waals surface area contributed by atoms with E-state index in [1.54, 1.807) is 0 Å². The molecule has 1 aliphatic carbocycles. The molecule has 1 aromatic rings. The van der Waals surface area contributed by atoms with Gasteiger partial charge in [0.2, 0.25) is 0 Å². The van der Waals surface area contributed by atoms with Gasteiger partial charge in [-0.1, -0.05) is 52.2 Å². The summed E-state index contributed by atoms with van der Waals surface area (Å²) in [5.74, 6) is 5.75. The van der Waals surface area contributed by atoms with Crippen LogP contribution in [0.2, 0.25) is 0 Å². The Morgan fingerprint density at radius 1 is 1.22 bits per heavy atom. The van der Waals surface area contributed by atoms with Gasteiger partial charge in [-0.2, -0.15) is 0 Å². The predicted octanol–water partition coefficient (Wildman–Crippen LogP) is 3.71. The fourth-order valence-corrected chi connectivity index (χ4v) is 2.98. The Hall–Kier alpha value is -0.640. The number of allylic oxidation sites excluding steroid dienone is 1. The molecular formula is C15H21BrN2. The first kappa shape index (κ1) is 13.8. The van der Waals surface area contributed by atoms with Crippen LogP contribution in [0.4, 0.5) is 0 Å². The van der Waals surface area contributed by atoms with E-state index in [2.05, 4.69) is 45.6 Å². The van der Waals surface area contributed by atoms with E-state index in [1.165, 1.54) is 47.7 Å². The van der Waals surface area contributed by atoms with Crippen LogP contribution in [0.25, 0.3) is 0 Å². The molecule has 98 valence electrons. The molecule has 1 atom stereocenters. The Labute approximate surface area is 118 Å². The maximum absolute atomic E-state index is 5.75. The summed E-state index contributed by atoms with van der Waals surface area (Å²) in [6.45, 7) is 0. The normalized spacial score (nSPS) is 18.0. The molecule has 3 heteroatoms. The molecular weight excluding hydrogens is 288 g/mol. The zero-order chi connectivity index (χ0) is 12.8. The topological polar surface area (TPSA) is 38.0 Å². The maximum Gasteiger partial charge on any atom is 0.0460 e. The van der Waals surface area contributed by atoms with Gasteiger partial charge < -0.3 is 0 Å². The monoisotopic (exact) mass is 308 g/mol. The van der Waals surface area contributed by atoms with Crippen molar-refractivity contribution in [1.29, 1.82) is 0 Å². The molecule has 2 rings (SSSR count). The van der Waals surface area contributed by atoms with Crippen LogP contribution in [-0.2, 0) is 6.42 Å². The molecule has 0 amide bonds. The number of nitrogens with one attached hydrogen (secondary N) is 1. The standard InChI is InChI=1S/C15H21BrN2/c16-14-10-6-5-9-13(14)11-15(18-17)12-7-3-1-2-4-8-12/h5-7,9-10,15,18H,1-4,8,11,17H2. The van der Waals surface area contributed by atoms with Crippen LogP contribution >= 0.6 is 15.9 Å². The van der Waals surface area contributed by atoms with Crippen molar-refractivity contribution in [3.05, 3.63) is 46.0 Å². The van der Waals surface area contributed by atoms with Gasteiger partial charge in [0.25, 0.3) is 0 Å². The van der Waals surface area contributed by atoms with Crippen molar-refractivity contribution >= 4 is 15.9 Å². The van der Waals surface area contributed by atoms with Crippen LogP contribution in [-0.4, -0.2) is 6.04 Å². The summed E-state index contributed by atoms with van der Waals surface area (Å²) in [6, 6.07) is 8.64. The molecule has 0 aromatic heterocycles. The van der Waals surface area contributed by atoms with Gasteiger partial charge in [-0.15, -0.1) is 0 Å². The second-order valence-electron chi connectivity index (χ2n) is 4.89. The number of rotatable bonds is 4. The number of hydrazine groups is 1. The van der Waals surface area contributed by atoms with E-state index in [0.29, 0.717) is 0 Å². The predicted molar refractivity (Wildman–Crippen MR) is 80.1 cm³/mol. The maximum atomic E-state index is 5.75. The minimum Gasteiger partial charge on any atom is -0.271 e. The van der Waals surface area contributed by atoms with Gasteiger partial charge in [0.1, 0.15) is 0 Å². The first-order valence-corrected chi connectivity index (χ1v) is 7.49. The SMILES string of the molecule is NNC(Cc1ccccc1Br)C1=CCCCCC1. The summed E-state index contributed by atoms with van der Waals surface area (Å²) in [5, 5.41) is 0. The molecule has 0 saturated heterocycles. The lowest BCUT2D eigenvalue weighted by atomic mass is 9.96. The summed E-state index contributed by atoms with van der Waals surface area (Å²) in [6.07, 6.45) is 9.66. The van der Waals surface area contributed by atoms with E-state index < -0.39 is 0 Å². The van der Waals surface area contributed by atoms with E-state index in [9.17, 15) is 0 Å². The Morgan fingerprint density at radius 2 is 2.06 bits per heavy atom. The fraction of sp³-hybridized carbons (Fsp3) is 0.467. The molecule has 3 N–H and O–H groups in total. The Bertz CT molecular complexity index is 415. The Morgan fingerprint density at radius 3 is 2.83 bits per heavy atom. The van der Waals surface area contributed by atoms with Crippen molar-refractivity contribution in [3.8, 4) is 0 Å². The van der Waals surface area contributed by atoms with Gasteiger partial charge in [0, 0.05) is 10.5 Å². The van der Waals surface area contributed by atoms with E-state index >= 15 is 0 Å². The highest BCUT2D eigenvalue weighted by Gasteiger charge is 2.15. The van der Waals surface area contributed by atoms with Gasteiger partial charge >= 0.3 is 0 Å². The second kappa shape index (κ2) is 7.07. The molecule has 0 spiro atoms. The fourth-order valence-electron chi connectivity index (χ4n) is 2.54. The van der Waals surface area contributed by atoms with Crippen LogP contribution < -0.4 is 11.3 Å². The van der Waals surface area contributed by atoms with Crippen LogP contribution in [0.5, 0.6) is 0 Å². The molecule has 1 aliphatic rings. The lowest BCUT2D eigenvalue weighted by molar-refractivity contribution is 0.563. The lowest BCUT2D eigenvalue weighted by Crippen LogP contribution is -2.38. The number of nitrogens with two attached hydrogens (primary N) is 1. The molecule has 18 heavy (non-hydrogen) atoms. The second-order valence-corrected chi connectivity index (χ2v) is 5.75. The molecule has 0 fully saturated rings. The van der Waals surface area contributed by atoms with Gasteiger partial charge in [-0.05, 0) is 43.7 Å². The highest BCUT2D eigenvalue weighted by atomic mass is 79.9. The minimum atomic E-state index is 0.266. The summed E-state index contributed by atoms with van der Waals surface area (Å²) in [4.78, 5) is 0. The van der Waals surface area contributed by atoms with Crippen molar-refractivity contribution in [1.82, 2.24) is 5.43 Å². The van der Waals surface area contributed by atoms with Crippen molar-refractivity contribution in [2.75, 3.05) is 0 Å². The Kier molecular flexibility index (Phi) is 5.42. The van der Waals surface area contributed by atoms with Crippen molar-refractivity contribution in [3.63, 3.8) is 0 Å². The molecule has 2 nitrogen and oxygen atoms in total. The van der Waals surface area contributed by atoms with Crippen LogP contribution in [0, 0.1) is 0 Å². The highest BCUT2D eigenvalue weighted by molar-refractivity contribution is 9.10. The van der Waals surface area contributed by atoms with E-state index in [-0.39, 0.29) is 6.04 Å². The summed E-state index contributed by atoms with van der Waals surface area (Å²) in [7, 11) is 0. The number of halogens is 1. The van der Waals surface area contributed by atoms with Gasteiger partial charge in [0.15, 0.2) is 0 Å². The molecule has 0 saturated carbocycles. The highest BCUT2D eigenvalue weighted by Crippen LogP contribution is 2.24. The first-order chi connectivity index (χ1) is 8.81. The summed E-state index contributed by atoms with van der Waals surface area (Å²) in [5.41, 5.74) is 5.77. The average Bonchev–Trinajstić information content (AvgIpc) is 2.67. The van der Waals surface area contributed by atoms with Crippen molar-refractivity contribution in [2.45, 2.75) is 44.6 Å². The molecule has 0 heterocycles. The van der Waals surface area contributed by atoms with E-state index in [4.69, 9.17) is 5.84 Å². The lowest BCUT2D eigenvalue weighted by Gasteiger charge is -2.20. The quantitative estimate of drug-likeness (QED) is 0.505. The number of hydrogen-bond acceptors (Lipinski definition) is 2. The molecule has 0 radical (unpaired) electrons. The van der Waals surface area contributed by atoms with Gasteiger partial charge in [-0.25, -0.2) is 0 Å². The Balaban J connectivity index is 2.09. The first-order valence-electron chi connectivity index (χ1n) is 6.69. The third-order valence-corrected chi connectivity index (χ3v) is 4.38. The van der Waals surface area contributed by atoms with Crippen molar-refractivity contribution < 1.29 is 0 Å². The third-order valence-electron chi connectivity index (χ3n) is 3.61. The molecule has 0 aliphatic heterocycles. The van der Waals surface area contributed by atoms with Crippen LogP contribution in [0.3, 0.4) is 0 Å². The number of hydrogen-bond donors (Lipinski definition) is 2. The minimum absolute atomic E-state index is 0.266. The zero-order valence-electron chi connectivity index (χ0n) is 10.7. The molecule has 1 unspecified atom stereocenters. The smallest absolute Gasteiger partial charge is 0.0460 e. The third kappa shape index (κ3) is 3.67. The average molecular weight is 309 g/mol. The summed E-state index contributed by atoms with van der Waals surface area (Å²) < 4.78 is 1.17. The van der Waals surface area contributed by atoms with E-state index in [0.717, 1.165) is 6.42 Å². The van der Waals surface area contributed by atoms with Crippen LogP contribution in [0.15, 0.2) is 40.4 Å². The van der Waals surface area contributed by atoms with Crippen LogP contribution in [0.1, 0.15) is 37.7 Å². The zero-order valence-corrected chi connectivity index (χ0v) is 12.2. The largest absolute Gasteiger partial charge is 0.271 e. The van der Waals surface area contributed by atoms with Gasteiger partial charge in [-0.3, -0.25) is 11.3 Å². The molecule has 1 aromatic carbocycles. The van der Waals surface area contributed by atoms with Gasteiger partial charge in [0.05, 0.1) is 0 Å². The number of benzene rings is 1. The summed E-state index contributed by atoms with van der Waals surface area (Å²) >= 11 is 3.61. The molecule has 0 bridgehead atoms. The van der Waals surface area contributed by atoms with Crippen molar-refractivity contribution in [2.24, 2.45) is 5.84 Å².